The maximum absolute atomic E-state index is 13.1. The van der Waals surface area contributed by atoms with Gasteiger partial charge in [0.15, 0.2) is 0 Å². The zero-order valence-corrected chi connectivity index (χ0v) is 22.8. The van der Waals surface area contributed by atoms with Gasteiger partial charge in [-0.1, -0.05) is 0 Å². The molecule has 17 heteroatoms. The third-order valence-corrected chi connectivity index (χ3v) is 5.38. The first-order valence-corrected chi connectivity index (χ1v) is 13.0. The third-order valence-electron chi connectivity index (χ3n) is 5.38. The van der Waals surface area contributed by atoms with Gasteiger partial charge in [-0.05, 0) is 0 Å². The quantitative estimate of drug-likeness (QED) is 0.0573. The van der Waals surface area contributed by atoms with E-state index < -0.39 is 23.6 Å². The van der Waals surface area contributed by atoms with Crippen molar-refractivity contribution in [1.29, 1.82) is 0 Å². The summed E-state index contributed by atoms with van der Waals surface area (Å²) < 4.78 is 0. The Morgan fingerprint density at radius 2 is 0.821 bits per heavy atom. The molecule has 0 aliphatic carbocycles. The fourth-order valence-electron chi connectivity index (χ4n) is 3.43. The van der Waals surface area contributed by atoms with E-state index >= 15 is 0 Å². The minimum Gasteiger partial charge on any atom is -0.353 e. The predicted octanol–water partition coefficient (Wildman–Crippen LogP) is -7.24. The molecule has 0 aliphatic rings. The first-order valence-electron chi connectivity index (χ1n) is 13.0. The van der Waals surface area contributed by atoms with E-state index in [1.165, 1.54) is 19.6 Å². The summed E-state index contributed by atoms with van der Waals surface area (Å²) in [5, 5.41) is 5.45. The summed E-state index contributed by atoms with van der Waals surface area (Å²) in [5.74, 6) is -2.31. The Bertz CT molecular complexity index is 757. The fraction of sp³-hybridized carbons (Fsp3) is 0.773. The zero-order chi connectivity index (χ0) is 29.6. The average Bonchev–Trinajstić information content (AvgIpc) is 2.90. The van der Waals surface area contributed by atoms with Crippen LogP contribution in [0.2, 0.25) is 0 Å². The van der Waals surface area contributed by atoms with Crippen LogP contribution in [0.5, 0.6) is 0 Å². The first-order chi connectivity index (χ1) is 18.7. The number of nitrogens with two attached hydrogens (primary N) is 6. The molecular weight excluding hydrogens is 512 g/mol. The molecule has 39 heavy (non-hydrogen) atoms. The van der Waals surface area contributed by atoms with E-state index in [1.54, 1.807) is 0 Å². The van der Waals surface area contributed by atoms with Crippen molar-refractivity contribution in [3.05, 3.63) is 0 Å². The average molecular weight is 561 g/mol. The highest BCUT2D eigenvalue weighted by atomic mass is 16.2. The van der Waals surface area contributed by atoms with Crippen LogP contribution >= 0.6 is 0 Å². The van der Waals surface area contributed by atoms with Crippen LogP contribution in [-0.2, 0) is 24.0 Å². The van der Waals surface area contributed by atoms with Gasteiger partial charge in [0.1, 0.15) is 0 Å². The largest absolute Gasteiger partial charge is 0.353 e. The fourth-order valence-corrected chi connectivity index (χ4v) is 3.43. The molecule has 0 atom stereocenters. The molecule has 0 bridgehead atoms. The van der Waals surface area contributed by atoms with Crippen molar-refractivity contribution in [3.63, 3.8) is 0 Å². The van der Waals surface area contributed by atoms with Gasteiger partial charge in [0.25, 0.3) is 0 Å². The van der Waals surface area contributed by atoms with Crippen molar-refractivity contribution in [1.82, 2.24) is 30.2 Å². The van der Waals surface area contributed by atoms with Crippen LogP contribution in [0.3, 0.4) is 0 Å². The highest BCUT2D eigenvalue weighted by molar-refractivity contribution is 5.91. The Morgan fingerprint density at radius 3 is 1.18 bits per heavy atom. The predicted molar refractivity (Wildman–Crippen MR) is 147 cm³/mol. The number of hydrogen-bond donors (Lipinski definition) is 8. The molecule has 0 rings (SSSR count). The Kier molecular flexibility index (Phi) is 20.3. The zero-order valence-electron chi connectivity index (χ0n) is 22.8. The maximum Gasteiger partial charge on any atom is 0.242 e. The second-order valence-electron chi connectivity index (χ2n) is 8.52. The normalized spacial score (nSPS) is 10.6. The van der Waals surface area contributed by atoms with Gasteiger partial charge in [-0.15, -0.1) is 0 Å². The first kappa shape index (κ1) is 36.1. The highest BCUT2D eigenvalue weighted by Crippen LogP contribution is 2.01. The maximum atomic E-state index is 13.1. The second kappa shape index (κ2) is 21.9. The number of amides is 5. The summed E-state index contributed by atoms with van der Waals surface area (Å²) in [6.45, 7) is 0.680. The van der Waals surface area contributed by atoms with Gasteiger partial charge in [-0.25, -0.2) is 0 Å². The van der Waals surface area contributed by atoms with Crippen LogP contribution in [0, 0.1) is 0 Å². The molecular formula is C22H48N12O5. The van der Waals surface area contributed by atoms with Crippen molar-refractivity contribution in [3.8, 4) is 0 Å². The smallest absolute Gasteiger partial charge is 0.242 e. The van der Waals surface area contributed by atoms with Crippen molar-refractivity contribution in [2.45, 2.75) is 0 Å². The van der Waals surface area contributed by atoms with Crippen LogP contribution in [0.4, 0.5) is 0 Å². The second-order valence-corrected chi connectivity index (χ2v) is 8.52. The SMILES string of the molecule is NCCNCC(=O)N(CCN)CC(=O)N(CCN)CC(=O)N(CCN)CC(=O)N(CCN)CC(=O)NCCN. The number of nitrogens with zero attached hydrogens (tertiary/aromatic N) is 4. The van der Waals surface area contributed by atoms with E-state index in [9.17, 15) is 24.0 Å². The molecule has 17 nitrogen and oxygen atoms in total. The van der Waals surface area contributed by atoms with E-state index in [0.29, 0.717) is 13.1 Å². The monoisotopic (exact) mass is 560 g/mol. The van der Waals surface area contributed by atoms with Crippen LogP contribution in [0.1, 0.15) is 0 Å². The number of rotatable bonds is 22. The third kappa shape index (κ3) is 15.3. The van der Waals surface area contributed by atoms with Crippen LogP contribution in [0.15, 0.2) is 0 Å². The summed E-state index contributed by atoms with van der Waals surface area (Å²) in [5.41, 5.74) is 33.3. The lowest BCUT2D eigenvalue weighted by Crippen LogP contribution is -2.53. The van der Waals surface area contributed by atoms with Gasteiger partial charge in [0.05, 0.1) is 32.7 Å². The van der Waals surface area contributed by atoms with Crippen molar-refractivity contribution in [2.24, 2.45) is 34.4 Å². The molecule has 0 heterocycles. The van der Waals surface area contributed by atoms with Crippen LogP contribution in [-0.4, -0.2) is 160 Å². The number of carbonyl (C=O) groups is 5. The molecule has 0 aromatic rings. The van der Waals surface area contributed by atoms with E-state index in [1.807, 2.05) is 0 Å². The van der Waals surface area contributed by atoms with E-state index in [2.05, 4.69) is 10.6 Å². The molecule has 0 unspecified atom stereocenters. The number of nitrogens with one attached hydrogen (secondary N) is 2. The van der Waals surface area contributed by atoms with Gasteiger partial charge in [0.2, 0.25) is 29.5 Å². The Balaban J connectivity index is 5.43. The Labute approximate surface area is 229 Å². The lowest BCUT2D eigenvalue weighted by atomic mass is 10.3. The summed E-state index contributed by atoms with van der Waals surface area (Å²) in [7, 11) is 0. The van der Waals surface area contributed by atoms with Crippen molar-refractivity contribution in [2.75, 3.05) is 111 Å². The minimum absolute atomic E-state index is 0.0176. The van der Waals surface area contributed by atoms with Gasteiger partial charge in [0, 0.05) is 78.5 Å². The summed E-state index contributed by atoms with van der Waals surface area (Å²) in [6.07, 6.45) is 0. The molecule has 5 amide bonds. The lowest BCUT2D eigenvalue weighted by Gasteiger charge is -2.30. The topological polar surface area (TPSA) is 278 Å². The highest BCUT2D eigenvalue weighted by Gasteiger charge is 2.26. The lowest BCUT2D eigenvalue weighted by molar-refractivity contribution is -0.146. The van der Waals surface area contributed by atoms with Crippen molar-refractivity contribution < 1.29 is 24.0 Å². The molecule has 0 aliphatic heterocycles. The van der Waals surface area contributed by atoms with Gasteiger partial charge < -0.3 is 64.6 Å². The summed E-state index contributed by atoms with van der Waals surface area (Å²) in [6, 6.07) is 0. The summed E-state index contributed by atoms with van der Waals surface area (Å²) in [4.78, 5) is 68.7. The molecule has 0 spiro atoms. The molecule has 0 aromatic carbocycles. The van der Waals surface area contributed by atoms with E-state index in [4.69, 9.17) is 34.4 Å². The Hall–Kier alpha value is -2.93. The van der Waals surface area contributed by atoms with E-state index in [0.717, 1.165) is 0 Å². The van der Waals surface area contributed by atoms with Gasteiger partial charge in [-0.3, -0.25) is 24.0 Å². The van der Waals surface area contributed by atoms with E-state index in [-0.39, 0.29) is 104 Å². The summed E-state index contributed by atoms with van der Waals surface area (Å²) >= 11 is 0. The molecule has 0 saturated heterocycles. The van der Waals surface area contributed by atoms with Crippen LogP contribution < -0.4 is 45.0 Å². The Morgan fingerprint density at radius 1 is 0.462 bits per heavy atom. The van der Waals surface area contributed by atoms with Crippen LogP contribution in [0.25, 0.3) is 0 Å². The number of hydrogen-bond acceptors (Lipinski definition) is 12. The molecule has 0 radical (unpaired) electrons. The molecule has 0 aromatic heterocycles. The van der Waals surface area contributed by atoms with Crippen molar-refractivity contribution >= 4 is 29.5 Å². The minimum atomic E-state index is -0.544. The van der Waals surface area contributed by atoms with Gasteiger partial charge in [-0.2, -0.15) is 0 Å². The number of carbonyl (C=O) groups excluding carboxylic acids is 5. The molecule has 226 valence electrons. The molecule has 0 saturated carbocycles. The molecule has 14 N–H and O–H groups in total. The molecule has 0 fully saturated rings. The standard InChI is InChI=1S/C22H48N12O5/c23-1-7-29-13-19(36)32(10-4-26)15-21(38)34(12-6-28)17-22(39)33(11-5-27)16-20(37)31(9-3-25)14-18(35)30-8-2-24/h29H,1-17,23-28H2,(H,30,35). The van der Waals surface area contributed by atoms with Gasteiger partial charge >= 0.3 is 0 Å².